The van der Waals surface area contributed by atoms with Crippen LogP contribution in [-0.2, 0) is 14.3 Å². The number of aliphatic hydroxyl groups is 1. The first kappa shape index (κ1) is 26.9. The van der Waals surface area contributed by atoms with Gasteiger partial charge >= 0.3 is 0 Å². The minimum Gasteiger partial charge on any atom is -0.507 e. The van der Waals surface area contributed by atoms with Crippen molar-refractivity contribution in [2.24, 2.45) is 5.92 Å². The van der Waals surface area contributed by atoms with Crippen LogP contribution >= 0.6 is 0 Å². The van der Waals surface area contributed by atoms with Crippen LogP contribution in [0.1, 0.15) is 36.6 Å². The topological polar surface area (TPSA) is 85.3 Å². The monoisotopic (exact) mass is 515 g/mol. The fourth-order valence-corrected chi connectivity index (χ4v) is 4.42. The van der Waals surface area contributed by atoms with Crippen molar-refractivity contribution in [2.75, 3.05) is 26.9 Å². The molecule has 3 aromatic carbocycles. The van der Waals surface area contributed by atoms with Gasteiger partial charge in [0, 0.05) is 19.2 Å². The van der Waals surface area contributed by atoms with Gasteiger partial charge in [0.1, 0.15) is 23.0 Å². The summed E-state index contributed by atoms with van der Waals surface area (Å²) in [5, 5.41) is 11.5. The molecule has 1 atom stereocenters. The van der Waals surface area contributed by atoms with Gasteiger partial charge < -0.3 is 24.2 Å². The number of Topliss-reactive ketones (excluding diaryl/α,β-unsaturated/α-hetero) is 1. The zero-order valence-electron chi connectivity index (χ0n) is 22.1. The Bertz CT molecular complexity index is 1330. The van der Waals surface area contributed by atoms with Crippen LogP contribution in [0, 0.1) is 12.8 Å². The number of hydrogen-bond donors (Lipinski definition) is 1. The SMILES string of the molecule is COCCN1C(=O)C(=O)C(=C(O)c2ccc(OCC(C)C)cc2C)[C@@H]1c1cccc(Oc2ccccc2)c1. The summed E-state index contributed by atoms with van der Waals surface area (Å²) in [6.45, 7) is 6.96. The minimum absolute atomic E-state index is 0.0295. The highest BCUT2D eigenvalue weighted by molar-refractivity contribution is 6.46. The van der Waals surface area contributed by atoms with E-state index in [1.807, 2.05) is 49.4 Å². The van der Waals surface area contributed by atoms with Crippen molar-refractivity contribution in [3.8, 4) is 17.2 Å². The number of aliphatic hydroxyl groups excluding tert-OH is 1. The van der Waals surface area contributed by atoms with Gasteiger partial charge in [-0.05, 0) is 66.4 Å². The van der Waals surface area contributed by atoms with E-state index in [4.69, 9.17) is 14.2 Å². The maximum Gasteiger partial charge on any atom is 0.295 e. The third-order valence-corrected chi connectivity index (χ3v) is 6.27. The molecule has 0 spiro atoms. The first-order valence-electron chi connectivity index (χ1n) is 12.6. The Hall–Kier alpha value is -4.10. The normalized spacial score (nSPS) is 16.8. The fourth-order valence-electron chi connectivity index (χ4n) is 4.42. The number of para-hydroxylation sites is 1. The zero-order valence-corrected chi connectivity index (χ0v) is 22.1. The molecule has 0 aliphatic carbocycles. The molecule has 1 fully saturated rings. The molecular weight excluding hydrogens is 482 g/mol. The van der Waals surface area contributed by atoms with E-state index in [1.54, 1.807) is 30.3 Å². The maximum absolute atomic E-state index is 13.3. The summed E-state index contributed by atoms with van der Waals surface area (Å²) in [4.78, 5) is 27.9. The summed E-state index contributed by atoms with van der Waals surface area (Å²) >= 11 is 0. The summed E-state index contributed by atoms with van der Waals surface area (Å²) < 4.78 is 17.0. The molecule has 0 aromatic heterocycles. The standard InChI is InChI=1S/C31H33NO6/c1-20(2)19-37-24-13-14-26(21(3)17-24)29(33)27-28(32(15-16-36-4)31(35)30(27)34)22-9-8-12-25(18-22)38-23-10-6-5-7-11-23/h5-14,17-18,20,28,33H,15-16,19H2,1-4H3/t28-/m0/s1. The van der Waals surface area contributed by atoms with Crippen LogP contribution in [-0.4, -0.2) is 48.6 Å². The molecule has 1 amide bonds. The average molecular weight is 516 g/mol. The largest absolute Gasteiger partial charge is 0.507 e. The molecule has 1 aliphatic rings. The number of amides is 1. The molecule has 1 heterocycles. The third kappa shape index (κ3) is 5.89. The van der Waals surface area contributed by atoms with Crippen molar-refractivity contribution < 1.29 is 28.9 Å². The molecule has 1 saturated heterocycles. The number of likely N-dealkylation sites (tertiary alicyclic amines) is 1. The molecule has 0 radical (unpaired) electrons. The number of carbonyl (C=O) groups excluding carboxylic acids is 2. The van der Waals surface area contributed by atoms with E-state index < -0.39 is 17.7 Å². The van der Waals surface area contributed by atoms with Gasteiger partial charge in [-0.25, -0.2) is 0 Å². The summed E-state index contributed by atoms with van der Waals surface area (Å²) in [6.07, 6.45) is 0. The molecule has 4 rings (SSSR count). The number of carbonyl (C=O) groups is 2. The Morgan fingerprint density at radius 1 is 0.947 bits per heavy atom. The van der Waals surface area contributed by atoms with Crippen molar-refractivity contribution in [3.05, 3.63) is 95.1 Å². The minimum atomic E-state index is -0.805. The lowest BCUT2D eigenvalue weighted by Crippen LogP contribution is -2.32. The van der Waals surface area contributed by atoms with Gasteiger partial charge in [-0.2, -0.15) is 0 Å². The van der Waals surface area contributed by atoms with E-state index in [-0.39, 0.29) is 24.5 Å². The van der Waals surface area contributed by atoms with Gasteiger partial charge in [0.15, 0.2) is 0 Å². The molecule has 1 aliphatic heterocycles. The van der Waals surface area contributed by atoms with Crippen LogP contribution in [0.5, 0.6) is 17.2 Å². The number of ketones is 1. The number of aryl methyl sites for hydroxylation is 1. The van der Waals surface area contributed by atoms with Crippen molar-refractivity contribution in [1.82, 2.24) is 4.90 Å². The number of rotatable bonds is 10. The summed E-state index contributed by atoms with van der Waals surface area (Å²) in [5.41, 5.74) is 1.87. The lowest BCUT2D eigenvalue weighted by atomic mass is 9.93. The third-order valence-electron chi connectivity index (χ3n) is 6.27. The van der Waals surface area contributed by atoms with Crippen LogP contribution in [0.3, 0.4) is 0 Å². The van der Waals surface area contributed by atoms with Gasteiger partial charge in [-0.3, -0.25) is 9.59 Å². The second-order valence-corrected chi connectivity index (χ2v) is 9.65. The molecule has 7 heteroatoms. The molecule has 0 saturated carbocycles. The molecule has 0 unspecified atom stereocenters. The van der Waals surface area contributed by atoms with Crippen molar-refractivity contribution in [3.63, 3.8) is 0 Å². The van der Waals surface area contributed by atoms with E-state index in [9.17, 15) is 14.7 Å². The van der Waals surface area contributed by atoms with E-state index in [0.717, 1.165) is 5.56 Å². The Kier molecular flexibility index (Phi) is 8.48. The fraction of sp³-hybridized carbons (Fsp3) is 0.290. The highest BCUT2D eigenvalue weighted by Crippen LogP contribution is 2.41. The number of ether oxygens (including phenoxy) is 3. The zero-order chi connectivity index (χ0) is 27.2. The molecular formula is C31H33NO6. The second kappa shape index (κ2) is 12.0. The molecule has 198 valence electrons. The van der Waals surface area contributed by atoms with Crippen molar-refractivity contribution >= 4 is 17.4 Å². The van der Waals surface area contributed by atoms with E-state index in [1.165, 1.54) is 12.0 Å². The molecule has 7 nitrogen and oxygen atoms in total. The van der Waals surface area contributed by atoms with Gasteiger partial charge in [0.25, 0.3) is 11.7 Å². The second-order valence-electron chi connectivity index (χ2n) is 9.65. The highest BCUT2D eigenvalue weighted by atomic mass is 16.5. The van der Waals surface area contributed by atoms with E-state index >= 15 is 0 Å². The quantitative estimate of drug-likeness (QED) is 0.206. The van der Waals surface area contributed by atoms with Crippen molar-refractivity contribution in [2.45, 2.75) is 26.8 Å². The Morgan fingerprint density at radius 3 is 2.37 bits per heavy atom. The molecule has 38 heavy (non-hydrogen) atoms. The number of methoxy groups -OCH3 is 1. The first-order valence-corrected chi connectivity index (χ1v) is 12.6. The van der Waals surface area contributed by atoms with Crippen LogP contribution in [0.15, 0.2) is 78.4 Å². The van der Waals surface area contributed by atoms with Crippen LogP contribution < -0.4 is 9.47 Å². The first-order chi connectivity index (χ1) is 18.3. The lowest BCUT2D eigenvalue weighted by Gasteiger charge is -2.25. The van der Waals surface area contributed by atoms with Crippen LogP contribution in [0.25, 0.3) is 5.76 Å². The molecule has 0 bridgehead atoms. The van der Waals surface area contributed by atoms with E-state index in [2.05, 4.69) is 13.8 Å². The van der Waals surface area contributed by atoms with Crippen molar-refractivity contribution in [1.29, 1.82) is 0 Å². The van der Waals surface area contributed by atoms with Gasteiger partial charge in [0.2, 0.25) is 0 Å². The summed E-state index contributed by atoms with van der Waals surface area (Å²) in [5.74, 6) is 0.608. The number of nitrogens with zero attached hydrogens (tertiary/aromatic N) is 1. The number of benzene rings is 3. The predicted octanol–water partition coefficient (Wildman–Crippen LogP) is 5.89. The van der Waals surface area contributed by atoms with E-state index in [0.29, 0.717) is 40.9 Å². The summed E-state index contributed by atoms with van der Waals surface area (Å²) in [7, 11) is 1.53. The molecule has 3 aromatic rings. The smallest absolute Gasteiger partial charge is 0.295 e. The van der Waals surface area contributed by atoms with Gasteiger partial charge in [0.05, 0.1) is 24.8 Å². The Labute approximate surface area is 223 Å². The molecule has 1 N–H and O–H groups in total. The van der Waals surface area contributed by atoms with Gasteiger partial charge in [-0.15, -0.1) is 0 Å². The Morgan fingerprint density at radius 2 is 1.68 bits per heavy atom. The lowest BCUT2D eigenvalue weighted by molar-refractivity contribution is -0.140. The number of hydrogen-bond acceptors (Lipinski definition) is 6. The maximum atomic E-state index is 13.3. The summed E-state index contributed by atoms with van der Waals surface area (Å²) in [6, 6.07) is 21.0. The van der Waals surface area contributed by atoms with Crippen LogP contribution in [0.2, 0.25) is 0 Å². The van der Waals surface area contributed by atoms with Gasteiger partial charge in [-0.1, -0.05) is 44.2 Å². The average Bonchev–Trinajstić information content (AvgIpc) is 3.16. The highest BCUT2D eigenvalue weighted by Gasteiger charge is 2.46. The predicted molar refractivity (Wildman–Crippen MR) is 145 cm³/mol. The Balaban J connectivity index is 1.76. The van der Waals surface area contributed by atoms with Crippen LogP contribution in [0.4, 0.5) is 0 Å².